The number of benzene rings is 1. The minimum atomic E-state index is -3.65. The maximum atomic E-state index is 13.0. The summed E-state index contributed by atoms with van der Waals surface area (Å²) in [5.74, 6) is -0.0561. The van der Waals surface area contributed by atoms with Crippen LogP contribution in [0.25, 0.3) is 11.3 Å². The summed E-state index contributed by atoms with van der Waals surface area (Å²) in [6.07, 6.45) is -2.16. The predicted molar refractivity (Wildman–Crippen MR) is 57.1 cm³/mol. The standard InChI is InChI=1S/C12H6F2N2O2/c13-12(14)17-10-3-1-2-8(11(10)18-12)9-4-7(5-15)6-16-9/h1-4,6,16H. The van der Waals surface area contributed by atoms with Crippen molar-refractivity contribution in [2.75, 3.05) is 0 Å². The van der Waals surface area contributed by atoms with Gasteiger partial charge < -0.3 is 14.5 Å². The van der Waals surface area contributed by atoms with Gasteiger partial charge in [-0.1, -0.05) is 6.07 Å². The molecule has 4 nitrogen and oxygen atoms in total. The zero-order chi connectivity index (χ0) is 12.8. The summed E-state index contributed by atoms with van der Waals surface area (Å²) < 4.78 is 34.8. The fourth-order valence-electron chi connectivity index (χ4n) is 1.80. The maximum Gasteiger partial charge on any atom is 0.586 e. The molecule has 0 bridgehead atoms. The number of para-hydroxylation sites is 1. The fraction of sp³-hybridized carbons (Fsp3) is 0.0833. The molecule has 2 heterocycles. The largest absolute Gasteiger partial charge is 0.586 e. The number of nitrogens with zero attached hydrogens (tertiary/aromatic N) is 1. The van der Waals surface area contributed by atoms with Crippen LogP contribution in [0.2, 0.25) is 0 Å². The summed E-state index contributed by atoms with van der Waals surface area (Å²) in [6, 6.07) is 8.08. The van der Waals surface area contributed by atoms with Gasteiger partial charge in [0.2, 0.25) is 0 Å². The number of nitrogens with one attached hydrogen (secondary N) is 1. The second-order valence-electron chi connectivity index (χ2n) is 3.71. The first-order chi connectivity index (χ1) is 8.59. The average molecular weight is 248 g/mol. The molecule has 1 aliphatic rings. The monoisotopic (exact) mass is 248 g/mol. The van der Waals surface area contributed by atoms with E-state index < -0.39 is 6.29 Å². The molecule has 1 N–H and O–H groups in total. The van der Waals surface area contributed by atoms with E-state index in [2.05, 4.69) is 14.5 Å². The number of hydrogen-bond donors (Lipinski definition) is 1. The van der Waals surface area contributed by atoms with E-state index in [1.807, 2.05) is 6.07 Å². The van der Waals surface area contributed by atoms with E-state index in [9.17, 15) is 8.78 Å². The van der Waals surface area contributed by atoms with E-state index in [4.69, 9.17) is 5.26 Å². The molecule has 2 aromatic rings. The Morgan fingerprint density at radius 3 is 2.83 bits per heavy atom. The van der Waals surface area contributed by atoms with Crippen LogP contribution >= 0.6 is 0 Å². The van der Waals surface area contributed by atoms with Crippen molar-refractivity contribution in [1.82, 2.24) is 4.98 Å². The van der Waals surface area contributed by atoms with Crippen molar-refractivity contribution in [3.8, 4) is 28.8 Å². The van der Waals surface area contributed by atoms with Gasteiger partial charge in [0.1, 0.15) is 6.07 Å². The molecular weight excluding hydrogens is 242 g/mol. The third-order valence-electron chi connectivity index (χ3n) is 2.53. The average Bonchev–Trinajstić information content (AvgIpc) is 2.89. The second-order valence-corrected chi connectivity index (χ2v) is 3.71. The molecule has 3 rings (SSSR count). The molecule has 18 heavy (non-hydrogen) atoms. The highest BCUT2D eigenvalue weighted by Crippen LogP contribution is 2.46. The molecule has 6 heteroatoms. The molecule has 1 aromatic heterocycles. The van der Waals surface area contributed by atoms with Crippen molar-refractivity contribution >= 4 is 0 Å². The Hall–Kier alpha value is -2.55. The first-order valence-corrected chi connectivity index (χ1v) is 5.07. The van der Waals surface area contributed by atoms with Crippen LogP contribution in [0.5, 0.6) is 11.5 Å². The van der Waals surface area contributed by atoms with E-state index in [1.165, 1.54) is 12.3 Å². The lowest BCUT2D eigenvalue weighted by Gasteiger charge is -2.06. The number of alkyl halides is 2. The molecule has 1 aromatic carbocycles. The van der Waals surface area contributed by atoms with E-state index in [-0.39, 0.29) is 11.5 Å². The van der Waals surface area contributed by atoms with Crippen molar-refractivity contribution in [3.63, 3.8) is 0 Å². The highest BCUT2D eigenvalue weighted by Gasteiger charge is 2.44. The van der Waals surface area contributed by atoms with Gasteiger partial charge in [0.15, 0.2) is 11.5 Å². The van der Waals surface area contributed by atoms with Gasteiger partial charge in [-0.25, -0.2) is 0 Å². The van der Waals surface area contributed by atoms with Crippen LogP contribution in [0.1, 0.15) is 5.56 Å². The molecule has 0 spiro atoms. The normalized spacial score (nSPS) is 15.4. The Morgan fingerprint density at radius 2 is 2.11 bits per heavy atom. The Labute approximate surface area is 100 Å². The van der Waals surface area contributed by atoms with Crippen LogP contribution in [0.3, 0.4) is 0 Å². The van der Waals surface area contributed by atoms with Gasteiger partial charge in [0.25, 0.3) is 0 Å². The van der Waals surface area contributed by atoms with Crippen molar-refractivity contribution in [1.29, 1.82) is 5.26 Å². The van der Waals surface area contributed by atoms with Crippen molar-refractivity contribution < 1.29 is 18.3 Å². The zero-order valence-corrected chi connectivity index (χ0v) is 8.91. The summed E-state index contributed by atoms with van der Waals surface area (Å²) >= 11 is 0. The summed E-state index contributed by atoms with van der Waals surface area (Å²) in [5, 5.41) is 8.73. The van der Waals surface area contributed by atoms with Crippen LogP contribution in [0.15, 0.2) is 30.5 Å². The SMILES string of the molecule is N#Cc1c[nH]c(-c2cccc3c2OC(F)(F)O3)c1. The highest BCUT2D eigenvalue weighted by molar-refractivity contribution is 5.73. The van der Waals surface area contributed by atoms with Gasteiger partial charge in [0, 0.05) is 11.8 Å². The molecule has 0 saturated heterocycles. The van der Waals surface area contributed by atoms with Gasteiger partial charge >= 0.3 is 6.29 Å². The van der Waals surface area contributed by atoms with Crippen molar-refractivity contribution in [2.24, 2.45) is 0 Å². The van der Waals surface area contributed by atoms with Crippen LogP contribution in [-0.2, 0) is 0 Å². The van der Waals surface area contributed by atoms with Crippen LogP contribution in [0.4, 0.5) is 8.78 Å². The number of halogens is 2. The molecule has 0 radical (unpaired) electrons. The summed E-state index contributed by atoms with van der Waals surface area (Å²) in [7, 11) is 0. The molecule has 0 aliphatic carbocycles. The number of hydrogen-bond acceptors (Lipinski definition) is 3. The lowest BCUT2D eigenvalue weighted by molar-refractivity contribution is -0.286. The Bertz CT molecular complexity index is 658. The highest BCUT2D eigenvalue weighted by atomic mass is 19.3. The van der Waals surface area contributed by atoms with Crippen molar-refractivity contribution in [3.05, 3.63) is 36.0 Å². The first-order valence-electron chi connectivity index (χ1n) is 5.07. The lowest BCUT2D eigenvalue weighted by Crippen LogP contribution is -2.26. The predicted octanol–water partition coefficient (Wildman–Crippen LogP) is 2.87. The van der Waals surface area contributed by atoms with E-state index in [0.29, 0.717) is 16.8 Å². The van der Waals surface area contributed by atoms with Crippen LogP contribution < -0.4 is 9.47 Å². The maximum absolute atomic E-state index is 13.0. The van der Waals surface area contributed by atoms with E-state index in [0.717, 1.165) is 0 Å². The third-order valence-corrected chi connectivity index (χ3v) is 2.53. The zero-order valence-electron chi connectivity index (χ0n) is 8.91. The molecule has 0 amide bonds. The minimum Gasteiger partial charge on any atom is -0.395 e. The van der Waals surface area contributed by atoms with E-state index >= 15 is 0 Å². The van der Waals surface area contributed by atoms with Gasteiger partial charge in [0.05, 0.1) is 11.3 Å². The number of rotatable bonds is 1. The van der Waals surface area contributed by atoms with Crippen LogP contribution in [-0.4, -0.2) is 11.3 Å². The molecule has 0 unspecified atom stereocenters. The Kier molecular flexibility index (Phi) is 2.04. The quantitative estimate of drug-likeness (QED) is 0.844. The summed E-state index contributed by atoms with van der Waals surface area (Å²) in [6.45, 7) is 0. The number of fused-ring (bicyclic) bond motifs is 1. The Morgan fingerprint density at radius 1 is 1.28 bits per heavy atom. The lowest BCUT2D eigenvalue weighted by atomic mass is 10.1. The number of aromatic amines is 1. The minimum absolute atomic E-state index is 0.0226. The number of aromatic nitrogens is 1. The van der Waals surface area contributed by atoms with Gasteiger partial charge in [-0.15, -0.1) is 8.78 Å². The summed E-state index contributed by atoms with van der Waals surface area (Å²) in [4.78, 5) is 2.83. The van der Waals surface area contributed by atoms with Gasteiger partial charge in [-0.2, -0.15) is 5.26 Å². The summed E-state index contributed by atoms with van der Waals surface area (Å²) in [5.41, 5.74) is 1.35. The number of H-pyrrole nitrogens is 1. The molecule has 1 aliphatic heterocycles. The fourth-order valence-corrected chi connectivity index (χ4v) is 1.80. The molecule has 90 valence electrons. The third kappa shape index (κ3) is 1.57. The molecule has 0 fully saturated rings. The van der Waals surface area contributed by atoms with Gasteiger partial charge in [-0.3, -0.25) is 0 Å². The molecular formula is C12H6F2N2O2. The first kappa shape index (κ1) is 10.6. The number of nitriles is 1. The number of ether oxygens (including phenoxy) is 2. The topological polar surface area (TPSA) is 58.0 Å². The molecule has 0 saturated carbocycles. The Balaban J connectivity index is 2.11. The van der Waals surface area contributed by atoms with Gasteiger partial charge in [-0.05, 0) is 18.2 Å². The smallest absolute Gasteiger partial charge is 0.395 e. The van der Waals surface area contributed by atoms with E-state index in [1.54, 1.807) is 18.2 Å². The molecule has 0 atom stereocenters. The van der Waals surface area contributed by atoms with Crippen LogP contribution in [0, 0.1) is 11.3 Å². The van der Waals surface area contributed by atoms with Crippen molar-refractivity contribution in [2.45, 2.75) is 6.29 Å². The second kappa shape index (κ2) is 3.47.